The molecule has 47 heavy (non-hydrogen) atoms. The molecule has 2 N–H and O–H groups in total. The fourth-order valence-electron chi connectivity index (χ4n) is 5.35. The van der Waals surface area contributed by atoms with Crippen LogP contribution in [0, 0.1) is 19.8 Å². The number of nitrogens with one attached hydrogen (secondary N) is 2. The number of hydrogen-bond acceptors (Lipinski definition) is 6. The Morgan fingerprint density at radius 2 is 1.34 bits per heavy atom. The van der Waals surface area contributed by atoms with E-state index in [0.29, 0.717) is 18.4 Å². The SMILES string of the molecule is CCC(C)C(NC(=O)OC(C)(C)C)C(=O)N(C(C)CC)C(C(=O)NC(Cc1ccccc1)C(=O)OC(C)(C)C)c1cc(C)cc(C)c1. The average molecular weight is 652 g/mol. The number of esters is 1. The molecule has 0 bridgehead atoms. The van der Waals surface area contributed by atoms with Gasteiger partial charge in [-0.3, -0.25) is 9.59 Å². The molecule has 9 heteroatoms. The molecule has 0 saturated heterocycles. The van der Waals surface area contributed by atoms with Crippen LogP contribution in [-0.2, 0) is 30.3 Å². The molecule has 5 unspecified atom stereocenters. The van der Waals surface area contributed by atoms with Crippen molar-refractivity contribution >= 4 is 23.9 Å². The highest BCUT2D eigenvalue weighted by molar-refractivity contribution is 5.94. The maximum Gasteiger partial charge on any atom is 0.408 e. The first-order chi connectivity index (χ1) is 21.8. The Morgan fingerprint density at radius 3 is 1.83 bits per heavy atom. The van der Waals surface area contributed by atoms with Gasteiger partial charge in [0.15, 0.2) is 0 Å². The maximum absolute atomic E-state index is 14.7. The van der Waals surface area contributed by atoms with Crippen molar-refractivity contribution in [2.45, 2.75) is 138 Å². The lowest BCUT2D eigenvalue weighted by atomic mass is 9.93. The Balaban J connectivity index is 2.70. The number of benzene rings is 2. The van der Waals surface area contributed by atoms with E-state index in [4.69, 9.17) is 9.47 Å². The molecular formula is C38H57N3O6. The van der Waals surface area contributed by atoms with Crippen molar-refractivity contribution in [2.24, 2.45) is 5.92 Å². The standard InChI is InChI=1S/C38H57N3O6/c1-13-26(5)31(40-36(45)47-38(10,11)12)34(43)41(27(6)14-2)32(29-21-24(3)20-25(4)22-29)33(42)39-30(35(44)46-37(7,8)9)23-28-18-16-15-17-19-28/h15-22,26-27,30-32H,13-14,23H2,1-12H3,(H,39,42)(H,40,45). The minimum atomic E-state index is -1.11. The molecule has 0 spiro atoms. The number of rotatable bonds is 13. The van der Waals surface area contributed by atoms with Crippen molar-refractivity contribution in [3.63, 3.8) is 0 Å². The van der Waals surface area contributed by atoms with Crippen LogP contribution in [0.4, 0.5) is 4.79 Å². The van der Waals surface area contributed by atoms with Gasteiger partial charge >= 0.3 is 12.1 Å². The van der Waals surface area contributed by atoms with E-state index in [1.165, 1.54) is 0 Å². The van der Waals surface area contributed by atoms with E-state index in [0.717, 1.165) is 16.7 Å². The van der Waals surface area contributed by atoms with Crippen LogP contribution >= 0.6 is 0 Å². The van der Waals surface area contributed by atoms with Gasteiger partial charge in [-0.05, 0) is 85.8 Å². The minimum Gasteiger partial charge on any atom is -0.458 e. The van der Waals surface area contributed by atoms with E-state index < -0.39 is 59.2 Å². The van der Waals surface area contributed by atoms with Crippen LogP contribution in [0.5, 0.6) is 0 Å². The Morgan fingerprint density at radius 1 is 0.787 bits per heavy atom. The van der Waals surface area contributed by atoms with Gasteiger partial charge in [0, 0.05) is 12.5 Å². The number of carbonyl (C=O) groups excluding carboxylic acids is 4. The van der Waals surface area contributed by atoms with Gasteiger partial charge in [0.25, 0.3) is 0 Å². The molecule has 9 nitrogen and oxygen atoms in total. The molecule has 5 atom stereocenters. The molecule has 2 aromatic rings. The molecule has 260 valence electrons. The third kappa shape index (κ3) is 12.3. The van der Waals surface area contributed by atoms with Gasteiger partial charge in [0.2, 0.25) is 11.8 Å². The first kappa shape index (κ1) is 39.3. The smallest absolute Gasteiger partial charge is 0.408 e. The number of aryl methyl sites for hydroxylation is 2. The van der Waals surface area contributed by atoms with Gasteiger partial charge in [-0.15, -0.1) is 0 Å². The van der Waals surface area contributed by atoms with E-state index in [1.54, 1.807) is 46.4 Å². The summed E-state index contributed by atoms with van der Waals surface area (Å²) in [7, 11) is 0. The average Bonchev–Trinajstić information content (AvgIpc) is 2.95. The first-order valence-electron chi connectivity index (χ1n) is 16.7. The molecule has 0 heterocycles. The van der Waals surface area contributed by atoms with E-state index in [2.05, 4.69) is 10.6 Å². The summed E-state index contributed by atoms with van der Waals surface area (Å²) in [5.74, 6) is -1.76. The molecule has 0 aliphatic rings. The second kappa shape index (κ2) is 16.8. The minimum absolute atomic E-state index is 0.202. The number of alkyl carbamates (subject to hydrolysis) is 1. The summed E-state index contributed by atoms with van der Waals surface area (Å²) in [4.78, 5) is 57.5. The molecule has 2 rings (SSSR count). The summed E-state index contributed by atoms with van der Waals surface area (Å²) in [5, 5.41) is 5.79. The zero-order valence-corrected chi connectivity index (χ0v) is 30.5. The quantitative estimate of drug-likeness (QED) is 0.226. The zero-order chi connectivity index (χ0) is 35.7. The van der Waals surface area contributed by atoms with Crippen LogP contribution in [0.25, 0.3) is 0 Å². The first-order valence-corrected chi connectivity index (χ1v) is 16.7. The molecule has 3 amide bonds. The third-order valence-electron chi connectivity index (χ3n) is 7.85. The predicted molar refractivity (Wildman–Crippen MR) is 186 cm³/mol. The monoisotopic (exact) mass is 651 g/mol. The largest absolute Gasteiger partial charge is 0.458 e. The van der Waals surface area contributed by atoms with Crippen LogP contribution in [0.2, 0.25) is 0 Å². The molecule has 0 aromatic heterocycles. The number of amides is 3. The second-order valence-electron chi connectivity index (χ2n) is 14.6. The Kier molecular flexibility index (Phi) is 14.0. The molecule has 0 saturated carbocycles. The fraction of sp³-hybridized carbons (Fsp3) is 0.579. The van der Waals surface area contributed by atoms with Gasteiger partial charge in [0.1, 0.15) is 29.3 Å². The van der Waals surface area contributed by atoms with Crippen LogP contribution in [0.3, 0.4) is 0 Å². The number of hydrogen-bond donors (Lipinski definition) is 2. The second-order valence-corrected chi connectivity index (χ2v) is 14.6. The van der Waals surface area contributed by atoms with Gasteiger partial charge in [-0.2, -0.15) is 0 Å². The summed E-state index contributed by atoms with van der Waals surface area (Å²) < 4.78 is 11.3. The molecule has 0 aliphatic carbocycles. The molecule has 0 radical (unpaired) electrons. The molecule has 0 aliphatic heterocycles. The van der Waals surface area contributed by atoms with Crippen molar-refractivity contribution in [2.75, 3.05) is 0 Å². The van der Waals surface area contributed by atoms with Crippen molar-refractivity contribution in [3.05, 3.63) is 70.8 Å². The highest BCUT2D eigenvalue weighted by atomic mass is 16.6. The lowest BCUT2D eigenvalue weighted by Gasteiger charge is -2.40. The topological polar surface area (TPSA) is 114 Å². The van der Waals surface area contributed by atoms with Crippen LogP contribution < -0.4 is 10.6 Å². The van der Waals surface area contributed by atoms with E-state index in [-0.39, 0.29) is 12.3 Å². The normalized spacial score (nSPS) is 15.0. The predicted octanol–water partition coefficient (Wildman–Crippen LogP) is 6.98. The van der Waals surface area contributed by atoms with Crippen LogP contribution in [0.15, 0.2) is 48.5 Å². The number of carbonyl (C=O) groups is 4. The summed E-state index contributed by atoms with van der Waals surface area (Å²) in [6, 6.07) is 11.7. The Hall–Kier alpha value is -3.88. The van der Waals surface area contributed by atoms with Gasteiger partial charge in [-0.25, -0.2) is 9.59 Å². The van der Waals surface area contributed by atoms with Crippen molar-refractivity contribution in [1.82, 2.24) is 15.5 Å². The third-order valence-corrected chi connectivity index (χ3v) is 7.85. The van der Waals surface area contributed by atoms with Gasteiger partial charge in [-0.1, -0.05) is 86.8 Å². The highest BCUT2D eigenvalue weighted by Gasteiger charge is 2.41. The van der Waals surface area contributed by atoms with Crippen molar-refractivity contribution < 1.29 is 28.7 Å². The molecule has 2 aromatic carbocycles. The zero-order valence-electron chi connectivity index (χ0n) is 30.5. The van der Waals surface area contributed by atoms with Gasteiger partial charge in [0.05, 0.1) is 0 Å². The van der Waals surface area contributed by atoms with Crippen LogP contribution in [-0.4, -0.2) is 58.1 Å². The molecular weight excluding hydrogens is 594 g/mol. The summed E-state index contributed by atoms with van der Waals surface area (Å²) in [6.45, 7) is 22.1. The lowest BCUT2D eigenvalue weighted by molar-refractivity contribution is -0.159. The lowest BCUT2D eigenvalue weighted by Crippen LogP contribution is -2.58. The van der Waals surface area contributed by atoms with Gasteiger partial charge < -0.3 is 25.0 Å². The summed E-state index contributed by atoms with van der Waals surface area (Å²) in [6.07, 6.45) is 0.632. The number of ether oxygens (including phenoxy) is 2. The fourth-order valence-corrected chi connectivity index (χ4v) is 5.35. The van der Waals surface area contributed by atoms with E-state index >= 15 is 0 Å². The maximum atomic E-state index is 14.7. The highest BCUT2D eigenvalue weighted by Crippen LogP contribution is 2.30. The number of nitrogens with zero attached hydrogens (tertiary/aromatic N) is 1. The summed E-state index contributed by atoms with van der Waals surface area (Å²) in [5.41, 5.74) is 1.76. The Labute approximate surface area is 282 Å². The van der Waals surface area contributed by atoms with E-state index in [1.807, 2.05) is 90.1 Å². The summed E-state index contributed by atoms with van der Waals surface area (Å²) >= 11 is 0. The Bertz CT molecular complexity index is 1340. The van der Waals surface area contributed by atoms with Crippen LogP contribution in [0.1, 0.15) is 110 Å². The van der Waals surface area contributed by atoms with Crippen molar-refractivity contribution in [3.8, 4) is 0 Å². The van der Waals surface area contributed by atoms with E-state index in [9.17, 15) is 19.2 Å². The van der Waals surface area contributed by atoms with Crippen molar-refractivity contribution in [1.29, 1.82) is 0 Å². The molecule has 0 fully saturated rings.